The van der Waals surface area contributed by atoms with Crippen LogP contribution in [-0.2, 0) is 13.6 Å². The molecule has 0 amide bonds. The Morgan fingerprint density at radius 3 is 2.76 bits per heavy atom. The lowest BCUT2D eigenvalue weighted by Gasteiger charge is -2.12. The van der Waals surface area contributed by atoms with Crippen LogP contribution in [0.1, 0.15) is 17.5 Å². The molecule has 0 bridgehead atoms. The van der Waals surface area contributed by atoms with Gasteiger partial charge < -0.3 is 15.0 Å². The fourth-order valence-corrected chi connectivity index (χ4v) is 2.81. The van der Waals surface area contributed by atoms with Crippen LogP contribution in [0, 0.1) is 0 Å². The van der Waals surface area contributed by atoms with E-state index in [0.717, 1.165) is 30.8 Å². The van der Waals surface area contributed by atoms with Crippen LogP contribution in [0.3, 0.4) is 0 Å². The fraction of sp³-hybridized carbons (Fsp3) is 0.318. The summed E-state index contributed by atoms with van der Waals surface area (Å²) in [5.41, 5.74) is 2.26. The molecule has 0 aliphatic carbocycles. The molecule has 152 valence electrons. The molecule has 0 saturated heterocycles. The molecule has 0 aliphatic heterocycles. The van der Waals surface area contributed by atoms with Gasteiger partial charge in [-0.1, -0.05) is 42.5 Å². The third-order valence-corrected chi connectivity index (χ3v) is 4.15. The molecular weight excluding hydrogens is 364 g/mol. The first-order valence-electron chi connectivity index (χ1n) is 9.70. The van der Waals surface area contributed by atoms with Crippen LogP contribution in [0.2, 0.25) is 0 Å². The molecule has 1 N–H and O–H groups in total. The van der Waals surface area contributed by atoms with E-state index in [1.807, 2.05) is 49.5 Å². The van der Waals surface area contributed by atoms with Crippen LogP contribution in [0.5, 0.6) is 5.75 Å². The van der Waals surface area contributed by atoms with Gasteiger partial charge in [0.1, 0.15) is 5.75 Å². The standard InChI is InChI=1S/C22H28N6O/c1-27(2)17-19-11-7-12-20(15-19)29-14-8-13-23-22-25-21(26-28(22)3)24-16-18-9-5-4-6-10-18/h4-7,9-12,15-16H,8,13-14,17H2,1-3H3,(H,23,25,26). The Bertz CT molecular complexity index is 920. The van der Waals surface area contributed by atoms with Crippen molar-refractivity contribution in [1.29, 1.82) is 0 Å². The maximum absolute atomic E-state index is 5.86. The van der Waals surface area contributed by atoms with E-state index in [1.54, 1.807) is 10.9 Å². The highest BCUT2D eigenvalue weighted by molar-refractivity contribution is 5.81. The van der Waals surface area contributed by atoms with Crippen molar-refractivity contribution in [2.45, 2.75) is 13.0 Å². The summed E-state index contributed by atoms with van der Waals surface area (Å²) in [7, 11) is 5.97. The fourth-order valence-electron chi connectivity index (χ4n) is 2.81. The number of ether oxygens (including phenoxy) is 1. The molecule has 7 nitrogen and oxygen atoms in total. The van der Waals surface area contributed by atoms with Gasteiger partial charge in [-0.3, -0.25) is 0 Å². The van der Waals surface area contributed by atoms with Gasteiger partial charge in [0.2, 0.25) is 5.95 Å². The minimum Gasteiger partial charge on any atom is -0.494 e. The summed E-state index contributed by atoms with van der Waals surface area (Å²) in [6.07, 6.45) is 2.62. The van der Waals surface area contributed by atoms with Crippen molar-refractivity contribution in [2.24, 2.45) is 12.0 Å². The van der Waals surface area contributed by atoms with Gasteiger partial charge in [-0.2, -0.15) is 4.98 Å². The van der Waals surface area contributed by atoms with Gasteiger partial charge in [0, 0.05) is 26.4 Å². The highest BCUT2D eigenvalue weighted by Crippen LogP contribution is 2.15. The lowest BCUT2D eigenvalue weighted by molar-refractivity contribution is 0.313. The molecule has 0 radical (unpaired) electrons. The van der Waals surface area contributed by atoms with Crippen LogP contribution >= 0.6 is 0 Å². The molecule has 1 heterocycles. The zero-order chi connectivity index (χ0) is 20.5. The minimum absolute atomic E-state index is 0.438. The van der Waals surface area contributed by atoms with E-state index in [4.69, 9.17) is 4.74 Å². The summed E-state index contributed by atoms with van der Waals surface area (Å²) in [4.78, 5) is 10.9. The van der Waals surface area contributed by atoms with Crippen molar-refractivity contribution in [2.75, 3.05) is 32.6 Å². The molecule has 0 spiro atoms. The third kappa shape index (κ3) is 6.73. The molecule has 2 aromatic carbocycles. The van der Waals surface area contributed by atoms with Crippen LogP contribution in [0.15, 0.2) is 59.6 Å². The number of nitrogens with one attached hydrogen (secondary N) is 1. The zero-order valence-electron chi connectivity index (χ0n) is 17.2. The number of anilines is 1. The van der Waals surface area contributed by atoms with Crippen molar-refractivity contribution < 1.29 is 4.74 Å². The van der Waals surface area contributed by atoms with Crippen molar-refractivity contribution in [3.63, 3.8) is 0 Å². The van der Waals surface area contributed by atoms with Crippen molar-refractivity contribution in [3.05, 3.63) is 65.7 Å². The Balaban J connectivity index is 1.43. The summed E-state index contributed by atoms with van der Waals surface area (Å²) in [5, 5.41) is 7.60. The Hall–Kier alpha value is -3.19. The van der Waals surface area contributed by atoms with Gasteiger partial charge in [-0.15, -0.1) is 5.10 Å². The molecule has 3 rings (SSSR count). The lowest BCUT2D eigenvalue weighted by Crippen LogP contribution is -2.11. The number of aromatic nitrogens is 3. The molecule has 0 saturated carbocycles. The third-order valence-electron chi connectivity index (χ3n) is 4.15. The van der Waals surface area contributed by atoms with E-state index in [-0.39, 0.29) is 0 Å². The lowest BCUT2D eigenvalue weighted by atomic mass is 10.2. The number of benzene rings is 2. The Morgan fingerprint density at radius 1 is 1.14 bits per heavy atom. The molecule has 0 fully saturated rings. The summed E-state index contributed by atoms with van der Waals surface area (Å²) in [5.74, 6) is 2.03. The maximum atomic E-state index is 5.86. The second-order valence-corrected chi connectivity index (χ2v) is 7.04. The van der Waals surface area contributed by atoms with Gasteiger partial charge in [0.05, 0.1) is 6.61 Å². The molecule has 0 aliphatic rings. The molecule has 1 aromatic heterocycles. The Kier molecular flexibility index (Phi) is 7.35. The topological polar surface area (TPSA) is 67.6 Å². The molecule has 29 heavy (non-hydrogen) atoms. The number of hydrogen-bond acceptors (Lipinski definition) is 6. The highest BCUT2D eigenvalue weighted by atomic mass is 16.5. The van der Waals surface area contributed by atoms with E-state index in [0.29, 0.717) is 18.5 Å². The minimum atomic E-state index is 0.438. The van der Waals surface area contributed by atoms with Gasteiger partial charge in [0.15, 0.2) is 0 Å². The molecule has 7 heteroatoms. The quantitative estimate of drug-likeness (QED) is 0.422. The summed E-state index contributed by atoms with van der Waals surface area (Å²) >= 11 is 0. The van der Waals surface area contributed by atoms with Gasteiger partial charge >= 0.3 is 0 Å². The Morgan fingerprint density at radius 2 is 1.97 bits per heavy atom. The van der Waals surface area contributed by atoms with Crippen LogP contribution in [0.4, 0.5) is 11.9 Å². The first-order valence-corrected chi connectivity index (χ1v) is 9.70. The second kappa shape index (κ2) is 10.4. The van der Waals surface area contributed by atoms with Crippen molar-refractivity contribution in [3.8, 4) is 5.75 Å². The molecule has 3 aromatic rings. The summed E-state index contributed by atoms with van der Waals surface area (Å²) in [6, 6.07) is 18.1. The normalized spacial score (nSPS) is 11.3. The smallest absolute Gasteiger partial charge is 0.270 e. The van der Waals surface area contributed by atoms with E-state index in [9.17, 15) is 0 Å². The van der Waals surface area contributed by atoms with E-state index in [1.165, 1.54) is 5.56 Å². The van der Waals surface area contributed by atoms with Crippen molar-refractivity contribution >= 4 is 18.1 Å². The zero-order valence-corrected chi connectivity index (χ0v) is 17.2. The van der Waals surface area contributed by atoms with Gasteiger partial charge in [-0.25, -0.2) is 9.67 Å². The number of aryl methyl sites for hydroxylation is 1. The summed E-state index contributed by atoms with van der Waals surface area (Å²) < 4.78 is 7.56. The predicted octanol–water partition coefficient (Wildman–Crippen LogP) is 3.51. The van der Waals surface area contributed by atoms with Crippen LogP contribution < -0.4 is 10.1 Å². The van der Waals surface area contributed by atoms with Gasteiger partial charge in [0.25, 0.3) is 5.95 Å². The van der Waals surface area contributed by atoms with E-state index >= 15 is 0 Å². The van der Waals surface area contributed by atoms with E-state index in [2.05, 4.69) is 51.5 Å². The number of rotatable bonds is 10. The van der Waals surface area contributed by atoms with Gasteiger partial charge in [-0.05, 0) is 43.8 Å². The highest BCUT2D eigenvalue weighted by Gasteiger charge is 2.05. The number of hydrogen-bond donors (Lipinski definition) is 1. The largest absolute Gasteiger partial charge is 0.494 e. The Labute approximate surface area is 172 Å². The van der Waals surface area contributed by atoms with Crippen molar-refractivity contribution in [1.82, 2.24) is 19.7 Å². The molecule has 0 unspecified atom stereocenters. The monoisotopic (exact) mass is 392 g/mol. The van der Waals surface area contributed by atoms with E-state index < -0.39 is 0 Å². The second-order valence-electron chi connectivity index (χ2n) is 7.04. The molecule has 0 atom stereocenters. The van der Waals surface area contributed by atoms with Crippen LogP contribution in [-0.4, -0.2) is 53.1 Å². The SMILES string of the molecule is CN(C)Cc1cccc(OCCCNc2nc(N=Cc3ccccc3)nn2C)c1. The number of aliphatic imine (C=N–C) groups is 1. The summed E-state index contributed by atoms with van der Waals surface area (Å²) in [6.45, 7) is 2.28. The maximum Gasteiger partial charge on any atom is 0.270 e. The number of nitrogens with zero attached hydrogens (tertiary/aromatic N) is 5. The average molecular weight is 393 g/mol. The average Bonchev–Trinajstić information content (AvgIpc) is 3.06. The van der Waals surface area contributed by atoms with Crippen LogP contribution in [0.25, 0.3) is 0 Å². The first-order chi connectivity index (χ1) is 14.1. The first kappa shape index (κ1) is 20.5. The molecular formula is C22H28N6O. The predicted molar refractivity (Wildman–Crippen MR) is 117 cm³/mol.